The van der Waals surface area contributed by atoms with Crippen LogP contribution < -0.4 is 0 Å². The molecule has 1 amide bonds. The van der Waals surface area contributed by atoms with Gasteiger partial charge in [0, 0.05) is 16.9 Å². The summed E-state index contributed by atoms with van der Waals surface area (Å²) in [6.07, 6.45) is 3.69. The molecule has 1 aromatic rings. The first-order valence-corrected chi connectivity index (χ1v) is 8.05. The van der Waals surface area contributed by atoms with E-state index in [4.69, 9.17) is 4.74 Å². The summed E-state index contributed by atoms with van der Waals surface area (Å²) in [4.78, 5) is 25.8. The van der Waals surface area contributed by atoms with Crippen molar-refractivity contribution < 1.29 is 14.3 Å². The molecular formula is C16H18BrNO3. The van der Waals surface area contributed by atoms with Gasteiger partial charge in [-0.2, -0.15) is 0 Å². The zero-order valence-electron chi connectivity index (χ0n) is 12.0. The molecule has 5 heteroatoms. The highest BCUT2D eigenvalue weighted by atomic mass is 79.9. The maximum atomic E-state index is 12.2. The summed E-state index contributed by atoms with van der Waals surface area (Å²) in [5.74, 6) is -0.210. The van der Waals surface area contributed by atoms with E-state index in [9.17, 15) is 9.59 Å². The second-order valence-corrected chi connectivity index (χ2v) is 6.60. The summed E-state index contributed by atoms with van der Waals surface area (Å²) in [6, 6.07) is 6.00. The summed E-state index contributed by atoms with van der Waals surface area (Å²) in [5.41, 5.74) is 2.61. The zero-order chi connectivity index (χ0) is 15.0. The minimum atomic E-state index is -0.399. The van der Waals surface area contributed by atoms with Crippen LogP contribution >= 0.6 is 15.9 Å². The fourth-order valence-electron chi connectivity index (χ4n) is 3.47. The number of carbonyl (C=O) groups excluding carboxylic acids is 2. The SMILES string of the molecule is COC(=O)C1CCC(=O)N1C1CCc2cc(Br)ccc2C1. The molecule has 4 nitrogen and oxygen atoms in total. The predicted molar refractivity (Wildman–Crippen MR) is 81.8 cm³/mol. The number of methoxy groups -OCH3 is 1. The standard InChI is InChI=1S/C16H18BrNO3/c1-21-16(20)14-6-7-15(19)18(14)13-5-3-10-8-12(17)4-2-11(10)9-13/h2,4,8,13-14H,3,5-7,9H2,1H3. The minimum absolute atomic E-state index is 0.0796. The number of benzene rings is 1. The number of fused-ring (bicyclic) bond motifs is 1. The lowest BCUT2D eigenvalue weighted by atomic mass is 9.87. The zero-order valence-corrected chi connectivity index (χ0v) is 13.6. The number of hydrogen-bond acceptors (Lipinski definition) is 3. The van der Waals surface area contributed by atoms with Gasteiger partial charge in [-0.25, -0.2) is 4.79 Å². The van der Waals surface area contributed by atoms with Crippen LogP contribution in [0, 0.1) is 0 Å². The van der Waals surface area contributed by atoms with E-state index in [2.05, 4.69) is 28.1 Å². The molecule has 3 rings (SSSR count). The van der Waals surface area contributed by atoms with Crippen LogP contribution in [0.3, 0.4) is 0 Å². The largest absolute Gasteiger partial charge is 0.467 e. The van der Waals surface area contributed by atoms with E-state index < -0.39 is 6.04 Å². The molecule has 0 radical (unpaired) electrons. The van der Waals surface area contributed by atoms with Crippen LogP contribution in [0.2, 0.25) is 0 Å². The summed E-state index contributed by atoms with van der Waals surface area (Å²) in [5, 5.41) is 0. The number of amides is 1. The fourth-order valence-corrected chi connectivity index (χ4v) is 3.88. The Balaban J connectivity index is 1.82. The number of aryl methyl sites for hydroxylation is 1. The van der Waals surface area contributed by atoms with Gasteiger partial charge in [0.25, 0.3) is 0 Å². The number of carbonyl (C=O) groups is 2. The van der Waals surface area contributed by atoms with Gasteiger partial charge in [-0.3, -0.25) is 4.79 Å². The van der Waals surface area contributed by atoms with Crippen LogP contribution in [0.15, 0.2) is 22.7 Å². The highest BCUT2D eigenvalue weighted by Gasteiger charge is 2.41. The molecule has 0 aromatic heterocycles. The summed E-state index contributed by atoms with van der Waals surface area (Å²) in [7, 11) is 1.39. The Kier molecular flexibility index (Phi) is 4.02. The van der Waals surface area contributed by atoms with Gasteiger partial charge in [-0.15, -0.1) is 0 Å². The van der Waals surface area contributed by atoms with Gasteiger partial charge in [0.2, 0.25) is 5.91 Å². The molecular weight excluding hydrogens is 334 g/mol. The smallest absolute Gasteiger partial charge is 0.328 e. The Bertz CT molecular complexity index is 587. The molecule has 2 unspecified atom stereocenters. The lowest BCUT2D eigenvalue weighted by Gasteiger charge is -2.35. The first kappa shape index (κ1) is 14.6. The van der Waals surface area contributed by atoms with Crippen LogP contribution in [0.1, 0.15) is 30.4 Å². The second-order valence-electron chi connectivity index (χ2n) is 5.69. The normalized spacial score (nSPS) is 24.9. The van der Waals surface area contributed by atoms with E-state index in [0.29, 0.717) is 12.8 Å². The summed E-state index contributed by atoms with van der Waals surface area (Å²) >= 11 is 3.49. The monoisotopic (exact) mass is 351 g/mol. The molecule has 1 aromatic carbocycles. The van der Waals surface area contributed by atoms with Gasteiger partial charge < -0.3 is 9.64 Å². The third kappa shape index (κ3) is 2.71. The molecule has 0 bridgehead atoms. The number of halogens is 1. The van der Waals surface area contributed by atoms with E-state index in [1.165, 1.54) is 18.2 Å². The highest BCUT2D eigenvalue weighted by molar-refractivity contribution is 9.10. The minimum Gasteiger partial charge on any atom is -0.467 e. The van der Waals surface area contributed by atoms with Crippen molar-refractivity contribution in [2.45, 2.75) is 44.2 Å². The molecule has 1 aliphatic heterocycles. The quantitative estimate of drug-likeness (QED) is 0.769. The first-order valence-electron chi connectivity index (χ1n) is 7.26. The van der Waals surface area contributed by atoms with E-state index in [0.717, 1.165) is 23.7 Å². The summed E-state index contributed by atoms with van der Waals surface area (Å²) in [6.45, 7) is 0. The molecule has 21 heavy (non-hydrogen) atoms. The lowest BCUT2D eigenvalue weighted by Crippen LogP contribution is -2.48. The van der Waals surface area contributed by atoms with Gasteiger partial charge in [-0.1, -0.05) is 22.0 Å². The van der Waals surface area contributed by atoms with Gasteiger partial charge in [0.1, 0.15) is 6.04 Å². The summed E-state index contributed by atoms with van der Waals surface area (Å²) < 4.78 is 5.94. The number of hydrogen-bond donors (Lipinski definition) is 0. The van der Waals surface area contributed by atoms with Gasteiger partial charge in [-0.05, 0) is 48.9 Å². The van der Waals surface area contributed by atoms with Gasteiger partial charge in [0.15, 0.2) is 0 Å². The number of esters is 1. The second kappa shape index (κ2) is 5.79. The van der Waals surface area contributed by atoms with Crippen molar-refractivity contribution >= 4 is 27.8 Å². The molecule has 0 saturated carbocycles. The Labute approximate surface area is 132 Å². The highest BCUT2D eigenvalue weighted by Crippen LogP contribution is 2.32. The Morgan fingerprint density at radius 2 is 2.10 bits per heavy atom. The lowest BCUT2D eigenvalue weighted by molar-refractivity contribution is -0.151. The maximum absolute atomic E-state index is 12.2. The van der Waals surface area contributed by atoms with Crippen LogP contribution in [-0.4, -0.2) is 36.0 Å². The van der Waals surface area contributed by atoms with Gasteiger partial charge in [0.05, 0.1) is 7.11 Å². The third-order valence-corrected chi connectivity index (χ3v) is 4.99. The average molecular weight is 352 g/mol. The van der Waals surface area contributed by atoms with Crippen molar-refractivity contribution in [3.8, 4) is 0 Å². The van der Waals surface area contributed by atoms with Crippen molar-refractivity contribution in [2.24, 2.45) is 0 Å². The molecule has 0 spiro atoms. The number of nitrogens with zero attached hydrogens (tertiary/aromatic N) is 1. The van der Waals surface area contributed by atoms with Crippen molar-refractivity contribution in [2.75, 3.05) is 7.11 Å². The van der Waals surface area contributed by atoms with Crippen LogP contribution in [-0.2, 0) is 27.2 Å². The molecule has 2 atom stereocenters. The van der Waals surface area contributed by atoms with Gasteiger partial charge >= 0.3 is 5.97 Å². The molecule has 1 heterocycles. The van der Waals surface area contributed by atoms with E-state index in [1.807, 2.05) is 6.07 Å². The third-order valence-electron chi connectivity index (χ3n) is 4.49. The van der Waals surface area contributed by atoms with E-state index in [-0.39, 0.29) is 17.9 Å². The molecule has 0 N–H and O–H groups in total. The molecule has 1 saturated heterocycles. The van der Waals surface area contributed by atoms with Crippen LogP contribution in [0.4, 0.5) is 0 Å². The number of rotatable bonds is 2. The molecule has 112 valence electrons. The van der Waals surface area contributed by atoms with Crippen molar-refractivity contribution in [3.05, 3.63) is 33.8 Å². The molecule has 1 aliphatic carbocycles. The fraction of sp³-hybridized carbons (Fsp3) is 0.500. The van der Waals surface area contributed by atoms with Crippen molar-refractivity contribution in [1.29, 1.82) is 0 Å². The van der Waals surface area contributed by atoms with Crippen LogP contribution in [0.25, 0.3) is 0 Å². The first-order chi connectivity index (χ1) is 10.1. The van der Waals surface area contributed by atoms with Crippen molar-refractivity contribution in [3.63, 3.8) is 0 Å². The molecule has 1 fully saturated rings. The topological polar surface area (TPSA) is 46.6 Å². The van der Waals surface area contributed by atoms with Crippen LogP contribution in [0.5, 0.6) is 0 Å². The Hall–Kier alpha value is -1.36. The number of likely N-dealkylation sites (tertiary alicyclic amines) is 1. The Morgan fingerprint density at radius 1 is 1.29 bits per heavy atom. The number of ether oxygens (including phenoxy) is 1. The Morgan fingerprint density at radius 3 is 2.86 bits per heavy atom. The van der Waals surface area contributed by atoms with E-state index in [1.54, 1.807) is 4.90 Å². The van der Waals surface area contributed by atoms with Crippen molar-refractivity contribution in [1.82, 2.24) is 4.90 Å². The maximum Gasteiger partial charge on any atom is 0.328 e. The predicted octanol–water partition coefficient (Wildman–Crippen LogP) is 2.47. The molecule has 2 aliphatic rings. The van der Waals surface area contributed by atoms with E-state index >= 15 is 0 Å². The average Bonchev–Trinajstić information content (AvgIpc) is 2.87.